The lowest BCUT2D eigenvalue weighted by molar-refractivity contribution is -0.384. The Kier molecular flexibility index (Phi) is 2.82. The van der Waals surface area contributed by atoms with Crippen LogP contribution in [-0.2, 0) is 9.47 Å². The number of aliphatic imine (C=N–C) groups is 1. The number of hydrogen-bond acceptors (Lipinski definition) is 8. The minimum absolute atomic E-state index is 0.0397. The van der Waals surface area contributed by atoms with Gasteiger partial charge in [-0.1, -0.05) is 12.1 Å². The van der Waals surface area contributed by atoms with Crippen molar-refractivity contribution in [3.05, 3.63) is 39.9 Å². The van der Waals surface area contributed by atoms with Crippen molar-refractivity contribution < 1.29 is 14.4 Å². The van der Waals surface area contributed by atoms with E-state index in [4.69, 9.17) is 15.2 Å². The van der Waals surface area contributed by atoms with Crippen molar-refractivity contribution in [3.8, 4) is 12.1 Å². The van der Waals surface area contributed by atoms with Crippen LogP contribution in [0.2, 0.25) is 0 Å². The number of nitrogens with zero attached hydrogens (tertiary/aromatic N) is 4. The Morgan fingerprint density at radius 2 is 2.20 bits per heavy atom. The molecule has 9 nitrogen and oxygen atoms in total. The molecule has 1 aromatic rings. The highest BCUT2D eigenvalue weighted by Crippen LogP contribution is 2.82. The number of nitro benzene ring substituents is 1. The number of hydrogen-bond donors (Lipinski definition) is 1. The monoisotopic (exact) mass is 339 g/mol. The van der Waals surface area contributed by atoms with Crippen LogP contribution in [0, 0.1) is 43.6 Å². The number of benzene rings is 1. The van der Waals surface area contributed by atoms with Crippen molar-refractivity contribution in [2.45, 2.75) is 24.9 Å². The third-order valence-corrected chi connectivity index (χ3v) is 5.22. The second kappa shape index (κ2) is 4.54. The summed E-state index contributed by atoms with van der Waals surface area (Å²) in [7, 11) is 0. The van der Waals surface area contributed by atoms with Crippen LogP contribution in [0.15, 0.2) is 29.3 Å². The number of nitriles is 2. The van der Waals surface area contributed by atoms with Gasteiger partial charge in [0.25, 0.3) is 11.6 Å². The molecular formula is C16H13N5O4. The van der Waals surface area contributed by atoms with Crippen LogP contribution in [0.3, 0.4) is 0 Å². The van der Waals surface area contributed by atoms with Gasteiger partial charge in [-0.25, -0.2) is 4.99 Å². The third-order valence-electron chi connectivity index (χ3n) is 5.22. The van der Waals surface area contributed by atoms with Gasteiger partial charge in [-0.05, 0) is 12.5 Å². The summed E-state index contributed by atoms with van der Waals surface area (Å²) >= 11 is 0. The molecule has 0 unspecified atom stereocenters. The summed E-state index contributed by atoms with van der Waals surface area (Å²) in [4.78, 5) is 14.7. The van der Waals surface area contributed by atoms with Crippen molar-refractivity contribution in [2.75, 3.05) is 6.61 Å². The van der Waals surface area contributed by atoms with Crippen LogP contribution in [0.5, 0.6) is 0 Å². The van der Waals surface area contributed by atoms with E-state index in [1.165, 1.54) is 18.2 Å². The Balaban J connectivity index is 1.90. The summed E-state index contributed by atoms with van der Waals surface area (Å²) < 4.78 is 11.5. The van der Waals surface area contributed by atoms with E-state index in [1.807, 2.05) is 0 Å². The standard InChI is InChI=1S/C16H13N5O4/c1-9-6-24-16(25-9)15(8-18)12(14(15,7-17)13(19)20-16)10-3-2-4-11(5-10)21(22)23/h2-5,9,12H,6H2,1H3,(H2,19,20)/t9-,12+,14+,15+,16+/m0/s1. The largest absolute Gasteiger partial charge is 0.386 e. The molecule has 4 rings (SSSR count). The Morgan fingerprint density at radius 1 is 1.44 bits per heavy atom. The molecule has 0 amide bonds. The Hall–Kier alpha value is -3.01. The number of non-ortho nitro benzene ring substituents is 1. The number of fused-ring (bicyclic) bond motifs is 2. The van der Waals surface area contributed by atoms with Crippen LogP contribution in [0.25, 0.3) is 0 Å². The zero-order valence-corrected chi connectivity index (χ0v) is 13.2. The van der Waals surface area contributed by atoms with Crippen molar-refractivity contribution in [1.29, 1.82) is 10.5 Å². The number of nitro groups is 1. The molecule has 25 heavy (non-hydrogen) atoms. The topological polar surface area (TPSA) is 148 Å². The van der Waals surface area contributed by atoms with Gasteiger partial charge in [-0.15, -0.1) is 0 Å². The Labute approximate surface area is 142 Å². The molecule has 2 heterocycles. The predicted molar refractivity (Wildman–Crippen MR) is 82.8 cm³/mol. The first-order valence-corrected chi connectivity index (χ1v) is 7.63. The van der Waals surface area contributed by atoms with Crippen LogP contribution in [0.4, 0.5) is 5.69 Å². The fraction of sp³-hybridized carbons (Fsp3) is 0.438. The summed E-state index contributed by atoms with van der Waals surface area (Å²) in [6.07, 6.45) is -0.317. The molecule has 0 bridgehead atoms. The van der Waals surface area contributed by atoms with E-state index in [1.54, 1.807) is 13.0 Å². The summed E-state index contributed by atoms with van der Waals surface area (Å²) in [5, 5.41) is 30.9. The predicted octanol–water partition coefficient (Wildman–Crippen LogP) is 1.17. The highest BCUT2D eigenvalue weighted by Gasteiger charge is 2.94. The van der Waals surface area contributed by atoms with Crippen LogP contribution in [0.1, 0.15) is 18.4 Å². The SMILES string of the molecule is C[C@H]1CO[C@@]2(N=C(N)[C@@]3(C#N)[C@@H](c4cccc([N+](=O)[O-])c4)[C@@]23C#N)O1. The molecule has 2 aliphatic heterocycles. The average molecular weight is 339 g/mol. The first kappa shape index (κ1) is 15.5. The number of nitrogens with two attached hydrogens (primary N) is 1. The van der Waals surface area contributed by atoms with Crippen LogP contribution >= 0.6 is 0 Å². The van der Waals surface area contributed by atoms with Gasteiger partial charge in [0.2, 0.25) is 0 Å². The van der Waals surface area contributed by atoms with Gasteiger partial charge in [0.15, 0.2) is 5.41 Å². The first-order chi connectivity index (χ1) is 11.9. The van der Waals surface area contributed by atoms with Crippen molar-refractivity contribution >= 4 is 11.5 Å². The fourth-order valence-electron chi connectivity index (χ4n) is 4.18. The lowest BCUT2D eigenvalue weighted by atomic mass is 9.94. The van der Waals surface area contributed by atoms with Gasteiger partial charge in [0.1, 0.15) is 11.3 Å². The number of rotatable bonds is 2. The van der Waals surface area contributed by atoms with Crippen molar-refractivity contribution in [3.63, 3.8) is 0 Å². The lowest BCUT2D eigenvalue weighted by Crippen LogP contribution is -2.39. The molecule has 126 valence electrons. The lowest BCUT2D eigenvalue weighted by Gasteiger charge is -2.26. The molecule has 2 fully saturated rings. The summed E-state index contributed by atoms with van der Waals surface area (Å²) in [5.74, 6) is -2.42. The minimum Gasteiger partial charge on any atom is -0.386 e. The van der Waals surface area contributed by atoms with E-state index >= 15 is 0 Å². The first-order valence-electron chi connectivity index (χ1n) is 7.63. The quantitative estimate of drug-likeness (QED) is 0.628. The molecule has 2 N–H and O–H groups in total. The summed E-state index contributed by atoms with van der Waals surface area (Å²) in [6.45, 7) is 1.98. The van der Waals surface area contributed by atoms with E-state index in [2.05, 4.69) is 17.1 Å². The van der Waals surface area contributed by atoms with Crippen molar-refractivity contribution in [1.82, 2.24) is 0 Å². The maximum Gasteiger partial charge on any atom is 0.293 e. The smallest absolute Gasteiger partial charge is 0.293 e. The zero-order chi connectivity index (χ0) is 18.0. The highest BCUT2D eigenvalue weighted by molar-refractivity contribution is 6.00. The average Bonchev–Trinajstić information content (AvgIpc) is 2.99. The second-order valence-electron chi connectivity index (χ2n) is 6.44. The van der Waals surface area contributed by atoms with E-state index in [-0.39, 0.29) is 24.2 Å². The summed E-state index contributed by atoms with van der Waals surface area (Å²) in [5.41, 5.74) is 3.46. The zero-order valence-electron chi connectivity index (χ0n) is 13.2. The van der Waals surface area contributed by atoms with E-state index in [0.717, 1.165) is 0 Å². The van der Waals surface area contributed by atoms with E-state index < -0.39 is 27.6 Å². The normalized spacial score (nSPS) is 40.8. The van der Waals surface area contributed by atoms with Gasteiger partial charge in [0.05, 0.1) is 29.8 Å². The maximum absolute atomic E-state index is 11.1. The molecule has 1 saturated carbocycles. The van der Waals surface area contributed by atoms with Gasteiger partial charge in [-0.3, -0.25) is 10.1 Å². The van der Waals surface area contributed by atoms with Crippen molar-refractivity contribution in [2.24, 2.45) is 21.6 Å². The van der Waals surface area contributed by atoms with E-state index in [0.29, 0.717) is 5.56 Å². The number of ether oxygens (including phenoxy) is 2. The molecule has 1 aliphatic carbocycles. The molecule has 1 spiro atoms. The van der Waals surface area contributed by atoms with Crippen LogP contribution in [-0.4, -0.2) is 29.4 Å². The number of amidine groups is 1. The molecule has 1 aromatic carbocycles. The highest BCUT2D eigenvalue weighted by atomic mass is 16.8. The molecule has 0 radical (unpaired) electrons. The Morgan fingerprint density at radius 3 is 2.76 bits per heavy atom. The Bertz CT molecular complexity index is 918. The molecule has 0 aromatic heterocycles. The molecule has 9 heteroatoms. The van der Waals surface area contributed by atoms with Gasteiger partial charge in [-0.2, -0.15) is 10.5 Å². The molecule has 1 saturated heterocycles. The molecule has 5 atom stereocenters. The van der Waals surface area contributed by atoms with E-state index in [9.17, 15) is 20.6 Å². The fourth-order valence-corrected chi connectivity index (χ4v) is 4.18. The third kappa shape index (κ3) is 1.50. The second-order valence-corrected chi connectivity index (χ2v) is 6.44. The molecular weight excluding hydrogens is 326 g/mol. The maximum atomic E-state index is 11.1. The van der Waals surface area contributed by atoms with Gasteiger partial charge >= 0.3 is 0 Å². The summed E-state index contributed by atoms with van der Waals surface area (Å²) in [6, 6.07) is 10.1. The molecule has 3 aliphatic rings. The minimum atomic E-state index is -1.66. The van der Waals surface area contributed by atoms with Gasteiger partial charge in [0, 0.05) is 18.1 Å². The van der Waals surface area contributed by atoms with Gasteiger partial charge < -0.3 is 15.2 Å². The van der Waals surface area contributed by atoms with Crippen LogP contribution < -0.4 is 5.73 Å².